The smallest absolute Gasteiger partial charge is 0.150 e. The van der Waals surface area contributed by atoms with Gasteiger partial charge in [-0.3, -0.25) is 0 Å². The number of para-hydroxylation sites is 1. The van der Waals surface area contributed by atoms with E-state index >= 15 is 0 Å². The van der Waals surface area contributed by atoms with E-state index in [-0.39, 0.29) is 5.41 Å². The van der Waals surface area contributed by atoms with Gasteiger partial charge in [-0.2, -0.15) is 5.11 Å². The zero-order valence-electron chi connectivity index (χ0n) is 26.0. The molecule has 0 atom stereocenters. The van der Waals surface area contributed by atoms with Gasteiger partial charge in [-0.1, -0.05) is 105 Å². The molecule has 0 amide bonds. The van der Waals surface area contributed by atoms with Gasteiger partial charge < -0.3 is 4.74 Å². The molecule has 0 heterocycles. The van der Waals surface area contributed by atoms with Gasteiger partial charge in [-0.15, -0.1) is 0 Å². The van der Waals surface area contributed by atoms with Crippen molar-refractivity contribution in [3.63, 3.8) is 0 Å². The first kappa shape index (κ1) is 34.8. The van der Waals surface area contributed by atoms with E-state index in [0.717, 1.165) is 17.2 Å². The van der Waals surface area contributed by atoms with Crippen molar-refractivity contribution in [2.24, 2.45) is 11.0 Å². The Balaban J connectivity index is 0.000000601. The Kier molecular flexibility index (Phi) is 17.9. The van der Waals surface area contributed by atoms with Crippen molar-refractivity contribution >= 4 is 5.69 Å². The quantitative estimate of drug-likeness (QED) is 0.393. The SMILES string of the molecule is C=C1CCCC/C1=C/C1=C(C(C)C)CCCC1.CC.CCC.CCOc1c(N=N)cccc1C(C)(C)C. The van der Waals surface area contributed by atoms with E-state index in [4.69, 9.17) is 10.3 Å². The van der Waals surface area contributed by atoms with Crippen LogP contribution in [0.1, 0.15) is 133 Å². The number of ether oxygens (including phenoxy) is 1. The van der Waals surface area contributed by atoms with Gasteiger partial charge in [-0.25, -0.2) is 5.53 Å². The average Bonchev–Trinajstić information content (AvgIpc) is 2.87. The Morgan fingerprint density at radius 3 is 2.05 bits per heavy atom. The minimum absolute atomic E-state index is 0.00516. The van der Waals surface area contributed by atoms with Crippen molar-refractivity contribution in [1.29, 1.82) is 5.53 Å². The summed E-state index contributed by atoms with van der Waals surface area (Å²) in [4.78, 5) is 0. The monoisotopic (exact) mass is 510 g/mol. The zero-order valence-corrected chi connectivity index (χ0v) is 26.0. The fourth-order valence-corrected chi connectivity index (χ4v) is 4.65. The van der Waals surface area contributed by atoms with Crippen molar-refractivity contribution in [1.82, 2.24) is 0 Å². The van der Waals surface area contributed by atoms with E-state index in [1.807, 2.05) is 32.9 Å². The van der Waals surface area contributed by atoms with Gasteiger partial charge in [0.1, 0.15) is 11.4 Å². The molecule has 0 aromatic heterocycles. The first-order valence-electron chi connectivity index (χ1n) is 14.8. The third-order valence-corrected chi connectivity index (χ3v) is 6.44. The molecule has 0 unspecified atom stereocenters. The topological polar surface area (TPSA) is 45.4 Å². The zero-order chi connectivity index (χ0) is 28.4. The molecule has 3 nitrogen and oxygen atoms in total. The van der Waals surface area contributed by atoms with Crippen molar-refractivity contribution in [2.45, 2.75) is 132 Å². The summed E-state index contributed by atoms with van der Waals surface area (Å²) in [6.07, 6.45) is 14.3. The summed E-state index contributed by atoms with van der Waals surface area (Å²) < 4.78 is 5.57. The predicted octanol–water partition coefficient (Wildman–Crippen LogP) is 12.1. The molecule has 1 fully saturated rings. The molecule has 3 rings (SSSR count). The maximum Gasteiger partial charge on any atom is 0.150 e. The van der Waals surface area contributed by atoms with Crippen LogP contribution in [0.3, 0.4) is 0 Å². The summed E-state index contributed by atoms with van der Waals surface area (Å²) in [6.45, 7) is 26.1. The second-order valence-corrected chi connectivity index (χ2v) is 11.0. The van der Waals surface area contributed by atoms with Crippen LogP contribution >= 0.6 is 0 Å². The summed E-state index contributed by atoms with van der Waals surface area (Å²) in [7, 11) is 0. The average molecular weight is 511 g/mol. The van der Waals surface area contributed by atoms with Gasteiger partial charge in [0.2, 0.25) is 0 Å². The third kappa shape index (κ3) is 12.3. The van der Waals surface area contributed by atoms with Crippen LogP contribution in [0.25, 0.3) is 0 Å². The molecule has 1 saturated carbocycles. The molecular formula is C34H58N2O. The fourth-order valence-electron chi connectivity index (χ4n) is 4.65. The number of hydrogen-bond donors (Lipinski definition) is 1. The van der Waals surface area contributed by atoms with E-state index in [2.05, 4.69) is 66.2 Å². The molecule has 1 aromatic rings. The molecule has 0 radical (unpaired) electrons. The molecule has 0 saturated heterocycles. The molecule has 2 aliphatic carbocycles. The van der Waals surface area contributed by atoms with Crippen molar-refractivity contribution in [2.75, 3.05) is 6.61 Å². The predicted molar refractivity (Wildman–Crippen MR) is 164 cm³/mol. The summed E-state index contributed by atoms with van der Waals surface area (Å²) >= 11 is 0. The van der Waals surface area contributed by atoms with Gasteiger partial charge >= 0.3 is 0 Å². The highest BCUT2D eigenvalue weighted by Gasteiger charge is 2.21. The maximum atomic E-state index is 7.11. The second-order valence-electron chi connectivity index (χ2n) is 11.0. The first-order chi connectivity index (χ1) is 17.6. The largest absolute Gasteiger partial charge is 0.491 e. The lowest BCUT2D eigenvalue weighted by molar-refractivity contribution is 0.331. The Morgan fingerprint density at radius 2 is 1.54 bits per heavy atom. The standard InChI is InChI=1S/C17H26.C12H18N2O.C3H8.C2H6/c1-13(2)17-11-7-6-10-16(17)12-15-9-5-4-8-14(15)3;1-5-15-11-9(12(2,3)4)7-6-8-10(11)14-13;1-3-2;1-2/h12-13H,3-11H2,1-2H3;6-8,13H,5H2,1-4H3;3H2,1-2H3;1-2H3/b15-12-;;;. The number of rotatable bonds is 5. The van der Waals surface area contributed by atoms with E-state index in [0.29, 0.717) is 12.3 Å². The molecule has 1 aromatic carbocycles. The summed E-state index contributed by atoms with van der Waals surface area (Å²) in [6, 6.07) is 5.74. The van der Waals surface area contributed by atoms with E-state index in [1.54, 1.807) is 22.8 Å². The summed E-state index contributed by atoms with van der Waals surface area (Å²) in [5, 5.41) is 3.49. The van der Waals surface area contributed by atoms with Crippen molar-refractivity contribution in [3.05, 3.63) is 58.7 Å². The highest BCUT2D eigenvalue weighted by molar-refractivity contribution is 5.57. The van der Waals surface area contributed by atoms with Crippen LogP contribution in [0.15, 0.2) is 58.3 Å². The first-order valence-corrected chi connectivity index (χ1v) is 14.8. The highest BCUT2D eigenvalue weighted by Crippen LogP contribution is 2.38. The van der Waals surface area contributed by atoms with Crippen molar-refractivity contribution in [3.8, 4) is 5.75 Å². The number of benzene rings is 1. The minimum atomic E-state index is 0.00516. The van der Waals surface area contributed by atoms with Gasteiger partial charge in [0.05, 0.1) is 6.61 Å². The van der Waals surface area contributed by atoms with Crippen LogP contribution in [0.4, 0.5) is 5.69 Å². The summed E-state index contributed by atoms with van der Waals surface area (Å²) in [5.74, 6) is 1.46. The molecule has 37 heavy (non-hydrogen) atoms. The highest BCUT2D eigenvalue weighted by atomic mass is 16.5. The Morgan fingerprint density at radius 1 is 0.973 bits per heavy atom. The van der Waals surface area contributed by atoms with Crippen molar-refractivity contribution < 1.29 is 4.74 Å². The molecule has 1 N–H and O–H groups in total. The summed E-state index contributed by atoms with van der Waals surface area (Å²) in [5.41, 5.74) is 15.1. The van der Waals surface area contributed by atoms with Crippen LogP contribution in [0.5, 0.6) is 5.75 Å². The van der Waals surface area contributed by atoms with Gasteiger partial charge in [0, 0.05) is 5.56 Å². The Hall–Kier alpha value is -2.16. The molecular weight excluding hydrogens is 452 g/mol. The lowest BCUT2D eigenvalue weighted by atomic mass is 9.82. The molecule has 3 heteroatoms. The van der Waals surface area contributed by atoms with Gasteiger partial charge in [-0.05, 0) is 86.8 Å². The minimum Gasteiger partial charge on any atom is -0.491 e. The molecule has 0 spiro atoms. The van der Waals surface area contributed by atoms with Crippen LogP contribution in [-0.2, 0) is 5.41 Å². The second kappa shape index (κ2) is 19.0. The van der Waals surface area contributed by atoms with E-state index in [1.165, 1.54) is 63.4 Å². The molecule has 210 valence electrons. The molecule has 2 aliphatic rings. The van der Waals surface area contributed by atoms with Gasteiger partial charge in [0.15, 0.2) is 0 Å². The Labute approximate surface area is 230 Å². The number of nitrogens with zero attached hydrogens (tertiary/aromatic N) is 1. The van der Waals surface area contributed by atoms with E-state index < -0.39 is 0 Å². The normalized spacial score (nSPS) is 16.6. The number of hydrogen-bond acceptors (Lipinski definition) is 3. The number of allylic oxidation sites excluding steroid dienone is 5. The van der Waals surface area contributed by atoms with Gasteiger partial charge in [0.25, 0.3) is 0 Å². The fraction of sp³-hybridized carbons (Fsp3) is 0.647. The van der Waals surface area contributed by atoms with Crippen LogP contribution in [0.2, 0.25) is 0 Å². The lowest BCUT2D eigenvalue weighted by Gasteiger charge is -2.24. The third-order valence-electron chi connectivity index (χ3n) is 6.44. The van der Waals surface area contributed by atoms with Crippen LogP contribution < -0.4 is 4.74 Å². The van der Waals surface area contributed by atoms with E-state index in [9.17, 15) is 0 Å². The lowest BCUT2D eigenvalue weighted by Crippen LogP contribution is -2.13. The molecule has 0 aliphatic heterocycles. The maximum absolute atomic E-state index is 7.11. The van der Waals surface area contributed by atoms with Crippen LogP contribution in [-0.4, -0.2) is 6.61 Å². The molecule has 0 bridgehead atoms. The Bertz CT molecular complexity index is 868. The number of nitrogens with one attached hydrogen (secondary N) is 1. The van der Waals surface area contributed by atoms with Crippen LogP contribution in [0, 0.1) is 11.4 Å².